The molecule has 0 N–H and O–H groups in total. The Balaban J connectivity index is 1.81. The first-order valence-corrected chi connectivity index (χ1v) is 11.1. The Labute approximate surface area is 176 Å². The fourth-order valence-electron chi connectivity index (χ4n) is 3.80. The number of rotatable bonds is 3. The predicted molar refractivity (Wildman–Crippen MR) is 117 cm³/mol. The normalized spacial score (nSPS) is 14.2. The van der Waals surface area contributed by atoms with Crippen molar-refractivity contribution in [3.63, 3.8) is 0 Å². The molecule has 0 atom stereocenters. The van der Waals surface area contributed by atoms with E-state index in [9.17, 15) is 8.42 Å². The van der Waals surface area contributed by atoms with Crippen molar-refractivity contribution in [2.45, 2.75) is 18.7 Å². The van der Waals surface area contributed by atoms with E-state index in [4.69, 9.17) is 11.6 Å². The van der Waals surface area contributed by atoms with Gasteiger partial charge in [0.15, 0.2) is 0 Å². The third kappa shape index (κ3) is 3.28. The molecule has 0 radical (unpaired) electrons. The lowest BCUT2D eigenvalue weighted by Gasteiger charge is -2.37. The van der Waals surface area contributed by atoms with E-state index in [0.717, 1.165) is 22.4 Å². The number of likely N-dealkylation sites (N-methyl/N-ethyl adjacent to an activating group) is 1. The van der Waals surface area contributed by atoms with Gasteiger partial charge >= 0.3 is 0 Å². The summed E-state index contributed by atoms with van der Waals surface area (Å²) in [5.41, 5.74) is 4.88. The molecule has 1 aliphatic heterocycles. The summed E-state index contributed by atoms with van der Waals surface area (Å²) >= 11 is 6.33. The third-order valence-electron chi connectivity index (χ3n) is 5.42. The van der Waals surface area contributed by atoms with Crippen LogP contribution < -0.4 is 9.21 Å². The van der Waals surface area contributed by atoms with Gasteiger partial charge in [-0.3, -0.25) is 8.99 Å². The van der Waals surface area contributed by atoms with Crippen molar-refractivity contribution in [3.8, 4) is 11.1 Å². The molecule has 0 amide bonds. The van der Waals surface area contributed by atoms with E-state index in [1.807, 2.05) is 58.4 Å². The number of aryl methyl sites for hydroxylation is 2. The highest BCUT2D eigenvalue weighted by Crippen LogP contribution is 2.41. The molecule has 1 aliphatic rings. The standard InChI is InChI=1S/C21H23ClN4O2S/c1-14-11-16(17-12-23-25(4)13-17)5-8-20(14)29(27,28)26-10-9-24(3)19-7-6-18(22)15(2)21(19)26/h5-8,11-13H,9-10H2,1-4H3. The zero-order chi connectivity index (χ0) is 20.9. The van der Waals surface area contributed by atoms with Crippen LogP contribution in [0.3, 0.4) is 0 Å². The second kappa shape index (κ2) is 7.07. The summed E-state index contributed by atoms with van der Waals surface area (Å²) in [6.07, 6.45) is 3.68. The van der Waals surface area contributed by atoms with Crippen LogP contribution in [0, 0.1) is 13.8 Å². The molecule has 29 heavy (non-hydrogen) atoms. The second-order valence-electron chi connectivity index (χ2n) is 7.42. The molecular weight excluding hydrogens is 408 g/mol. The van der Waals surface area contributed by atoms with E-state index in [1.165, 1.54) is 4.31 Å². The fourth-order valence-corrected chi connectivity index (χ4v) is 5.69. The zero-order valence-electron chi connectivity index (χ0n) is 16.8. The quantitative estimate of drug-likeness (QED) is 0.630. The van der Waals surface area contributed by atoms with E-state index < -0.39 is 10.0 Å². The van der Waals surface area contributed by atoms with Crippen molar-refractivity contribution in [1.29, 1.82) is 0 Å². The predicted octanol–water partition coefficient (Wildman–Crippen LogP) is 4.00. The highest BCUT2D eigenvalue weighted by Gasteiger charge is 2.33. The topological polar surface area (TPSA) is 58.4 Å². The molecule has 0 unspecified atom stereocenters. The average Bonchev–Trinajstić information content (AvgIpc) is 3.11. The van der Waals surface area contributed by atoms with Gasteiger partial charge in [0.1, 0.15) is 0 Å². The molecule has 8 heteroatoms. The Bertz CT molecular complexity index is 1200. The van der Waals surface area contributed by atoms with Crippen molar-refractivity contribution in [2.24, 2.45) is 7.05 Å². The van der Waals surface area contributed by atoms with Crippen LogP contribution in [0.2, 0.25) is 5.02 Å². The molecule has 2 heterocycles. The number of halogens is 1. The minimum Gasteiger partial charge on any atom is -0.371 e. The zero-order valence-corrected chi connectivity index (χ0v) is 18.4. The van der Waals surface area contributed by atoms with Gasteiger partial charge in [0.05, 0.1) is 29.0 Å². The van der Waals surface area contributed by atoms with Gasteiger partial charge < -0.3 is 4.90 Å². The minimum absolute atomic E-state index is 0.306. The maximum Gasteiger partial charge on any atom is 0.264 e. The average molecular weight is 431 g/mol. The first kappa shape index (κ1) is 19.8. The Kier molecular flexibility index (Phi) is 4.83. The largest absolute Gasteiger partial charge is 0.371 e. The van der Waals surface area contributed by atoms with Crippen LogP contribution >= 0.6 is 11.6 Å². The summed E-state index contributed by atoms with van der Waals surface area (Å²) in [5.74, 6) is 0. The number of benzene rings is 2. The lowest BCUT2D eigenvalue weighted by atomic mass is 10.1. The van der Waals surface area contributed by atoms with Gasteiger partial charge in [-0.25, -0.2) is 8.42 Å². The van der Waals surface area contributed by atoms with Crippen LogP contribution in [0.1, 0.15) is 11.1 Å². The molecular formula is C21H23ClN4O2S. The summed E-state index contributed by atoms with van der Waals surface area (Å²) < 4.78 is 30.5. The van der Waals surface area contributed by atoms with Crippen LogP contribution in [0.25, 0.3) is 11.1 Å². The van der Waals surface area contributed by atoms with E-state index in [0.29, 0.717) is 34.3 Å². The molecule has 4 rings (SSSR count). The molecule has 0 bridgehead atoms. The van der Waals surface area contributed by atoms with E-state index in [1.54, 1.807) is 16.9 Å². The van der Waals surface area contributed by atoms with Crippen molar-refractivity contribution in [2.75, 3.05) is 29.3 Å². The van der Waals surface area contributed by atoms with Gasteiger partial charge in [-0.15, -0.1) is 0 Å². The summed E-state index contributed by atoms with van der Waals surface area (Å²) in [7, 11) is 0.0817. The number of nitrogens with zero attached hydrogens (tertiary/aromatic N) is 4. The highest BCUT2D eigenvalue weighted by molar-refractivity contribution is 7.93. The monoisotopic (exact) mass is 430 g/mol. The molecule has 2 aromatic carbocycles. The maximum atomic E-state index is 13.6. The molecule has 0 saturated heterocycles. The molecule has 6 nitrogen and oxygen atoms in total. The highest BCUT2D eigenvalue weighted by atomic mass is 35.5. The van der Waals surface area contributed by atoms with Crippen LogP contribution in [0.4, 0.5) is 11.4 Å². The van der Waals surface area contributed by atoms with Crippen molar-refractivity contribution in [3.05, 3.63) is 58.9 Å². The molecule has 0 fully saturated rings. The van der Waals surface area contributed by atoms with Gasteiger partial charge in [0.2, 0.25) is 0 Å². The lowest BCUT2D eigenvalue weighted by molar-refractivity contribution is 0.588. The van der Waals surface area contributed by atoms with Gasteiger partial charge in [0, 0.05) is 37.4 Å². The molecule has 0 saturated carbocycles. The summed E-state index contributed by atoms with van der Waals surface area (Å²) in [4.78, 5) is 2.36. The number of hydrogen-bond donors (Lipinski definition) is 0. The molecule has 1 aromatic heterocycles. The first-order chi connectivity index (χ1) is 13.7. The van der Waals surface area contributed by atoms with Gasteiger partial charge in [-0.05, 0) is 54.8 Å². The third-order valence-corrected chi connectivity index (χ3v) is 7.79. The van der Waals surface area contributed by atoms with E-state index in [-0.39, 0.29) is 0 Å². The fraction of sp³-hybridized carbons (Fsp3) is 0.286. The Morgan fingerprint density at radius 1 is 1.03 bits per heavy atom. The number of aromatic nitrogens is 2. The summed E-state index contributed by atoms with van der Waals surface area (Å²) in [6, 6.07) is 9.11. The Hall–Kier alpha value is -2.51. The van der Waals surface area contributed by atoms with Crippen LogP contribution in [-0.4, -0.2) is 38.3 Å². The molecule has 0 spiro atoms. The Morgan fingerprint density at radius 2 is 1.79 bits per heavy atom. The second-order valence-corrected chi connectivity index (χ2v) is 9.66. The van der Waals surface area contributed by atoms with Crippen molar-refractivity contribution >= 4 is 33.0 Å². The van der Waals surface area contributed by atoms with Crippen LogP contribution in [0.5, 0.6) is 0 Å². The smallest absolute Gasteiger partial charge is 0.264 e. The molecule has 0 aliphatic carbocycles. The molecule has 152 valence electrons. The van der Waals surface area contributed by atoms with Crippen molar-refractivity contribution in [1.82, 2.24) is 9.78 Å². The van der Waals surface area contributed by atoms with Gasteiger partial charge in [0.25, 0.3) is 10.0 Å². The van der Waals surface area contributed by atoms with E-state index >= 15 is 0 Å². The molecule has 3 aromatic rings. The Morgan fingerprint density at radius 3 is 2.45 bits per heavy atom. The maximum absolute atomic E-state index is 13.6. The lowest BCUT2D eigenvalue weighted by Crippen LogP contribution is -2.43. The summed E-state index contributed by atoms with van der Waals surface area (Å²) in [6.45, 7) is 4.67. The number of anilines is 2. The van der Waals surface area contributed by atoms with Crippen LogP contribution in [0.15, 0.2) is 47.6 Å². The first-order valence-electron chi connectivity index (χ1n) is 9.33. The number of sulfonamides is 1. The van der Waals surface area contributed by atoms with Gasteiger partial charge in [-0.2, -0.15) is 5.10 Å². The number of hydrogen-bond acceptors (Lipinski definition) is 4. The number of fused-ring (bicyclic) bond motifs is 1. The van der Waals surface area contributed by atoms with Gasteiger partial charge in [-0.1, -0.05) is 17.7 Å². The minimum atomic E-state index is -3.74. The van der Waals surface area contributed by atoms with E-state index in [2.05, 4.69) is 10.00 Å². The van der Waals surface area contributed by atoms with Crippen molar-refractivity contribution < 1.29 is 8.42 Å². The summed E-state index contributed by atoms with van der Waals surface area (Å²) in [5, 5.41) is 4.75. The SMILES string of the molecule is Cc1cc(-c2cnn(C)c2)ccc1S(=O)(=O)N1CCN(C)c2ccc(Cl)c(C)c21. The van der Waals surface area contributed by atoms with Crippen LogP contribution in [-0.2, 0) is 17.1 Å².